The van der Waals surface area contributed by atoms with Crippen molar-refractivity contribution in [3.8, 4) is 0 Å². The van der Waals surface area contributed by atoms with Gasteiger partial charge in [-0.2, -0.15) is 0 Å². The van der Waals surface area contributed by atoms with Crippen LogP contribution in [0, 0.1) is 11.8 Å². The highest BCUT2D eigenvalue weighted by atomic mass is 16.5. The van der Waals surface area contributed by atoms with E-state index < -0.39 is 11.9 Å². The van der Waals surface area contributed by atoms with Gasteiger partial charge < -0.3 is 14.2 Å². The SMILES string of the molecule is COC(=O)C1C(=O)COC1C1CCOC1. The summed E-state index contributed by atoms with van der Waals surface area (Å²) < 4.78 is 15.2. The summed E-state index contributed by atoms with van der Waals surface area (Å²) in [5, 5.41) is 0. The Morgan fingerprint density at radius 1 is 1.53 bits per heavy atom. The predicted molar refractivity (Wildman–Crippen MR) is 49.2 cm³/mol. The lowest BCUT2D eigenvalue weighted by molar-refractivity contribution is -0.150. The molecule has 15 heavy (non-hydrogen) atoms. The number of rotatable bonds is 2. The Morgan fingerprint density at radius 3 is 2.93 bits per heavy atom. The molecule has 2 saturated heterocycles. The molecule has 0 aromatic heterocycles. The molecule has 5 heteroatoms. The molecule has 2 aliphatic rings. The number of carbonyl (C=O) groups excluding carboxylic acids is 2. The molecule has 0 bridgehead atoms. The number of carbonyl (C=O) groups is 2. The van der Waals surface area contributed by atoms with Crippen LogP contribution in [-0.4, -0.2) is 44.8 Å². The quantitative estimate of drug-likeness (QED) is 0.470. The van der Waals surface area contributed by atoms with Crippen LogP contribution in [0.4, 0.5) is 0 Å². The highest BCUT2D eigenvalue weighted by Gasteiger charge is 2.46. The zero-order valence-electron chi connectivity index (χ0n) is 8.60. The van der Waals surface area contributed by atoms with Gasteiger partial charge in [0.05, 0.1) is 19.8 Å². The average Bonchev–Trinajstić information content (AvgIpc) is 2.85. The molecular formula is C10H14O5. The fraction of sp³-hybridized carbons (Fsp3) is 0.800. The Labute approximate surface area is 87.7 Å². The van der Waals surface area contributed by atoms with Crippen LogP contribution in [0.5, 0.6) is 0 Å². The van der Waals surface area contributed by atoms with Crippen LogP contribution in [0.15, 0.2) is 0 Å². The van der Waals surface area contributed by atoms with Crippen LogP contribution in [0.25, 0.3) is 0 Å². The molecule has 0 amide bonds. The van der Waals surface area contributed by atoms with Crippen molar-refractivity contribution >= 4 is 11.8 Å². The maximum absolute atomic E-state index is 11.5. The molecule has 2 aliphatic heterocycles. The van der Waals surface area contributed by atoms with Gasteiger partial charge in [0.15, 0.2) is 5.78 Å². The van der Waals surface area contributed by atoms with Crippen LogP contribution < -0.4 is 0 Å². The summed E-state index contributed by atoms with van der Waals surface area (Å²) in [6.07, 6.45) is 0.485. The van der Waals surface area contributed by atoms with E-state index in [0.29, 0.717) is 13.2 Å². The minimum absolute atomic E-state index is 0.0148. The molecule has 2 rings (SSSR count). The number of ether oxygens (including phenoxy) is 3. The zero-order valence-corrected chi connectivity index (χ0v) is 8.60. The fourth-order valence-electron chi connectivity index (χ4n) is 2.16. The van der Waals surface area contributed by atoms with Crippen LogP contribution in [0.3, 0.4) is 0 Å². The Balaban J connectivity index is 2.09. The highest BCUT2D eigenvalue weighted by Crippen LogP contribution is 2.30. The third kappa shape index (κ3) is 1.89. The van der Waals surface area contributed by atoms with Crippen molar-refractivity contribution in [2.45, 2.75) is 12.5 Å². The summed E-state index contributed by atoms with van der Waals surface area (Å²) in [4.78, 5) is 22.9. The topological polar surface area (TPSA) is 61.8 Å². The van der Waals surface area contributed by atoms with Gasteiger partial charge in [-0.25, -0.2) is 0 Å². The summed E-state index contributed by atoms with van der Waals surface area (Å²) >= 11 is 0. The summed E-state index contributed by atoms with van der Waals surface area (Å²) in [5.74, 6) is -1.28. The van der Waals surface area contributed by atoms with Gasteiger partial charge in [-0.3, -0.25) is 9.59 Å². The minimum Gasteiger partial charge on any atom is -0.468 e. The number of hydrogen-bond acceptors (Lipinski definition) is 5. The van der Waals surface area contributed by atoms with Crippen molar-refractivity contribution in [2.24, 2.45) is 11.8 Å². The largest absolute Gasteiger partial charge is 0.468 e. The Kier molecular flexibility index (Phi) is 3.02. The third-order valence-electron chi connectivity index (χ3n) is 2.98. The van der Waals surface area contributed by atoms with Crippen molar-refractivity contribution in [1.82, 2.24) is 0 Å². The van der Waals surface area contributed by atoms with Crippen LogP contribution >= 0.6 is 0 Å². The van der Waals surface area contributed by atoms with Gasteiger partial charge in [0.1, 0.15) is 12.5 Å². The van der Waals surface area contributed by atoms with Crippen LogP contribution in [0.2, 0.25) is 0 Å². The minimum atomic E-state index is -0.748. The first-order valence-electron chi connectivity index (χ1n) is 5.04. The molecule has 0 aromatic carbocycles. The first-order chi connectivity index (χ1) is 7.24. The van der Waals surface area contributed by atoms with Gasteiger partial charge in [-0.15, -0.1) is 0 Å². The standard InChI is InChI=1S/C10H14O5/c1-13-10(12)8-7(11)5-15-9(8)6-2-3-14-4-6/h6,8-9H,2-5H2,1H3. The lowest BCUT2D eigenvalue weighted by atomic mass is 9.89. The number of hydrogen-bond donors (Lipinski definition) is 0. The Bertz CT molecular complexity index is 269. The monoisotopic (exact) mass is 214 g/mol. The normalized spacial score (nSPS) is 35.8. The zero-order chi connectivity index (χ0) is 10.8. The van der Waals surface area contributed by atoms with Gasteiger partial charge >= 0.3 is 5.97 Å². The van der Waals surface area contributed by atoms with E-state index >= 15 is 0 Å². The van der Waals surface area contributed by atoms with Crippen molar-refractivity contribution in [3.63, 3.8) is 0 Å². The van der Waals surface area contributed by atoms with Gasteiger partial charge in [0.2, 0.25) is 0 Å². The number of Topliss-reactive ketones (excluding diaryl/α,β-unsaturated/α-hetero) is 1. The van der Waals surface area contributed by atoms with E-state index in [1.54, 1.807) is 0 Å². The fourth-order valence-corrected chi connectivity index (χ4v) is 2.16. The number of methoxy groups -OCH3 is 1. The second kappa shape index (κ2) is 4.28. The van der Waals surface area contributed by atoms with Crippen molar-refractivity contribution in [1.29, 1.82) is 0 Å². The van der Waals surface area contributed by atoms with Gasteiger partial charge in [0.25, 0.3) is 0 Å². The lowest BCUT2D eigenvalue weighted by Gasteiger charge is -2.20. The number of esters is 1. The molecular weight excluding hydrogens is 200 g/mol. The third-order valence-corrected chi connectivity index (χ3v) is 2.98. The smallest absolute Gasteiger partial charge is 0.319 e. The van der Waals surface area contributed by atoms with E-state index in [1.807, 2.05) is 0 Å². The molecule has 0 radical (unpaired) electrons. The van der Waals surface area contributed by atoms with Gasteiger partial charge in [-0.05, 0) is 6.42 Å². The van der Waals surface area contributed by atoms with Crippen molar-refractivity contribution in [3.05, 3.63) is 0 Å². The van der Waals surface area contributed by atoms with E-state index in [1.165, 1.54) is 7.11 Å². The maximum atomic E-state index is 11.5. The average molecular weight is 214 g/mol. The molecule has 84 valence electrons. The molecule has 0 spiro atoms. The summed E-state index contributed by atoms with van der Waals surface area (Å²) in [7, 11) is 1.29. The molecule has 2 heterocycles. The first-order valence-corrected chi connectivity index (χ1v) is 5.04. The summed E-state index contributed by atoms with van der Waals surface area (Å²) in [6.45, 7) is 1.25. The van der Waals surface area contributed by atoms with Gasteiger partial charge in [0, 0.05) is 12.5 Å². The maximum Gasteiger partial charge on any atom is 0.319 e. The lowest BCUT2D eigenvalue weighted by Crippen LogP contribution is -2.35. The second-order valence-electron chi connectivity index (χ2n) is 3.87. The summed E-state index contributed by atoms with van der Waals surface area (Å²) in [6, 6.07) is 0. The first kappa shape index (κ1) is 10.6. The predicted octanol–water partition coefficient (Wildman–Crippen LogP) is -0.220. The molecule has 3 unspecified atom stereocenters. The van der Waals surface area contributed by atoms with Crippen molar-refractivity contribution in [2.75, 3.05) is 26.9 Å². The van der Waals surface area contributed by atoms with Gasteiger partial charge in [-0.1, -0.05) is 0 Å². The van der Waals surface area contributed by atoms with E-state index in [4.69, 9.17) is 9.47 Å². The summed E-state index contributed by atoms with van der Waals surface area (Å²) in [5.41, 5.74) is 0. The van der Waals surface area contributed by atoms with E-state index in [-0.39, 0.29) is 24.4 Å². The molecule has 0 N–H and O–H groups in total. The highest BCUT2D eigenvalue weighted by molar-refractivity contribution is 6.01. The molecule has 3 atom stereocenters. The molecule has 5 nitrogen and oxygen atoms in total. The molecule has 0 aliphatic carbocycles. The Hall–Kier alpha value is -0.940. The van der Waals surface area contributed by atoms with E-state index in [9.17, 15) is 9.59 Å². The van der Waals surface area contributed by atoms with Crippen LogP contribution in [-0.2, 0) is 23.8 Å². The molecule has 0 aromatic rings. The van der Waals surface area contributed by atoms with Crippen LogP contribution in [0.1, 0.15) is 6.42 Å². The van der Waals surface area contributed by atoms with Crippen molar-refractivity contribution < 1.29 is 23.8 Å². The van der Waals surface area contributed by atoms with E-state index in [2.05, 4.69) is 4.74 Å². The number of ketones is 1. The molecule has 2 fully saturated rings. The van der Waals surface area contributed by atoms with E-state index in [0.717, 1.165) is 6.42 Å². The molecule has 0 saturated carbocycles. The Morgan fingerprint density at radius 2 is 2.33 bits per heavy atom. The second-order valence-corrected chi connectivity index (χ2v) is 3.87.